The van der Waals surface area contributed by atoms with E-state index in [2.05, 4.69) is 5.32 Å². The van der Waals surface area contributed by atoms with Gasteiger partial charge in [0.25, 0.3) is 0 Å². The highest BCUT2D eigenvalue weighted by Crippen LogP contribution is 2.16. The molecule has 1 atom stereocenters. The molecule has 0 fully saturated rings. The molecule has 1 aromatic rings. The summed E-state index contributed by atoms with van der Waals surface area (Å²) in [5.74, 6) is 0.405. The number of amides is 1. The van der Waals surface area contributed by atoms with E-state index >= 15 is 0 Å². The number of Topliss-reactive ketones (excluding diaryl/α,β-unsaturated/α-hetero) is 1. The van der Waals surface area contributed by atoms with E-state index in [9.17, 15) is 9.59 Å². The zero-order valence-corrected chi connectivity index (χ0v) is 12.5. The van der Waals surface area contributed by atoms with Crippen molar-refractivity contribution in [3.05, 3.63) is 35.4 Å². The molecule has 1 N–H and O–H groups in total. The van der Waals surface area contributed by atoms with Crippen molar-refractivity contribution in [2.24, 2.45) is 0 Å². The Morgan fingerprint density at radius 1 is 1.26 bits per heavy atom. The average Bonchev–Trinajstić information content (AvgIpc) is 2.42. The molecule has 0 aliphatic rings. The van der Waals surface area contributed by atoms with Crippen LogP contribution in [0.4, 0.5) is 0 Å². The molecule has 1 unspecified atom stereocenters. The molecule has 3 nitrogen and oxygen atoms in total. The Morgan fingerprint density at radius 3 is 2.47 bits per heavy atom. The topological polar surface area (TPSA) is 46.2 Å². The van der Waals surface area contributed by atoms with Crippen LogP contribution in [0.15, 0.2) is 24.3 Å². The minimum absolute atomic E-state index is 0.00425. The zero-order valence-electron chi connectivity index (χ0n) is 11.7. The van der Waals surface area contributed by atoms with Crippen LogP contribution in [0.25, 0.3) is 0 Å². The van der Waals surface area contributed by atoms with E-state index < -0.39 is 0 Å². The summed E-state index contributed by atoms with van der Waals surface area (Å²) in [5, 5.41) is 2.60. The van der Waals surface area contributed by atoms with Crippen molar-refractivity contribution < 1.29 is 9.59 Å². The van der Waals surface area contributed by atoms with Crippen LogP contribution < -0.4 is 5.32 Å². The third-order valence-corrected chi connectivity index (χ3v) is 3.88. The fourth-order valence-electron chi connectivity index (χ4n) is 1.54. The normalized spacial score (nSPS) is 11.9. The lowest BCUT2D eigenvalue weighted by Crippen LogP contribution is -2.27. The Bertz CT molecular complexity index is 428. The first-order valence-corrected chi connectivity index (χ1v) is 7.58. The predicted molar refractivity (Wildman–Crippen MR) is 80.7 cm³/mol. The molecule has 1 rings (SSSR count). The largest absolute Gasteiger partial charge is 0.355 e. The molecule has 0 heterocycles. The van der Waals surface area contributed by atoms with Crippen molar-refractivity contribution in [2.75, 3.05) is 12.3 Å². The number of hydrogen-bond donors (Lipinski definition) is 1. The maximum Gasteiger partial charge on any atom is 0.230 e. The van der Waals surface area contributed by atoms with E-state index in [4.69, 9.17) is 0 Å². The Labute approximate surface area is 119 Å². The van der Waals surface area contributed by atoms with Gasteiger partial charge in [-0.2, -0.15) is 0 Å². The standard InChI is InChI=1S/C15H21NO2S/c1-4-9-16-14(17)10-19-12(3)15(18)13-7-5-11(2)6-8-13/h5-8,12H,4,9-10H2,1-3H3,(H,16,17). The number of rotatable bonds is 7. The lowest BCUT2D eigenvalue weighted by molar-refractivity contribution is -0.118. The second-order valence-electron chi connectivity index (χ2n) is 4.53. The van der Waals surface area contributed by atoms with E-state index in [0.29, 0.717) is 17.9 Å². The van der Waals surface area contributed by atoms with Crippen LogP contribution in [0, 0.1) is 6.92 Å². The molecule has 0 aliphatic carbocycles. The molecular formula is C15H21NO2S. The summed E-state index contributed by atoms with van der Waals surface area (Å²) in [6.45, 7) is 6.54. The summed E-state index contributed by atoms with van der Waals surface area (Å²) in [5.41, 5.74) is 1.84. The molecule has 1 aromatic carbocycles. The van der Waals surface area contributed by atoms with Crippen molar-refractivity contribution in [2.45, 2.75) is 32.4 Å². The molecule has 0 saturated carbocycles. The quantitative estimate of drug-likeness (QED) is 0.781. The van der Waals surface area contributed by atoms with Crippen LogP contribution in [0.2, 0.25) is 0 Å². The van der Waals surface area contributed by atoms with Crippen LogP contribution in [0.5, 0.6) is 0 Å². The molecule has 104 valence electrons. The zero-order chi connectivity index (χ0) is 14.3. The van der Waals surface area contributed by atoms with Crippen LogP contribution >= 0.6 is 11.8 Å². The highest BCUT2D eigenvalue weighted by molar-refractivity contribution is 8.01. The van der Waals surface area contributed by atoms with Gasteiger partial charge in [-0.1, -0.05) is 36.8 Å². The van der Waals surface area contributed by atoms with Gasteiger partial charge >= 0.3 is 0 Å². The number of carbonyl (C=O) groups excluding carboxylic acids is 2. The fraction of sp³-hybridized carbons (Fsp3) is 0.467. The van der Waals surface area contributed by atoms with Crippen molar-refractivity contribution >= 4 is 23.5 Å². The Morgan fingerprint density at radius 2 is 1.89 bits per heavy atom. The third-order valence-electron chi connectivity index (χ3n) is 2.74. The Hall–Kier alpha value is -1.29. The van der Waals surface area contributed by atoms with Gasteiger partial charge < -0.3 is 5.32 Å². The number of benzene rings is 1. The molecule has 0 saturated heterocycles. The fourth-order valence-corrected chi connectivity index (χ4v) is 2.34. The molecule has 0 radical (unpaired) electrons. The molecule has 0 spiro atoms. The highest BCUT2D eigenvalue weighted by atomic mass is 32.2. The first-order chi connectivity index (χ1) is 9.04. The molecule has 0 aromatic heterocycles. The van der Waals surface area contributed by atoms with Crippen LogP contribution in [0.1, 0.15) is 36.2 Å². The molecule has 19 heavy (non-hydrogen) atoms. The summed E-state index contributed by atoms with van der Waals surface area (Å²) < 4.78 is 0. The molecular weight excluding hydrogens is 258 g/mol. The SMILES string of the molecule is CCCNC(=O)CSC(C)C(=O)c1ccc(C)cc1. The van der Waals surface area contributed by atoms with Crippen LogP contribution in [-0.2, 0) is 4.79 Å². The maximum atomic E-state index is 12.1. The van der Waals surface area contributed by atoms with Crippen LogP contribution in [0.3, 0.4) is 0 Å². The lowest BCUT2D eigenvalue weighted by atomic mass is 10.1. The van der Waals surface area contributed by atoms with Gasteiger partial charge in [-0.3, -0.25) is 9.59 Å². The van der Waals surface area contributed by atoms with E-state index in [1.54, 1.807) is 0 Å². The number of nitrogens with one attached hydrogen (secondary N) is 1. The predicted octanol–water partition coefficient (Wildman–Crippen LogP) is 2.83. The summed E-state index contributed by atoms with van der Waals surface area (Å²) in [6.07, 6.45) is 0.925. The van der Waals surface area contributed by atoms with Gasteiger partial charge in [0.05, 0.1) is 11.0 Å². The van der Waals surface area contributed by atoms with E-state index in [1.807, 2.05) is 45.0 Å². The number of aryl methyl sites for hydroxylation is 1. The van der Waals surface area contributed by atoms with Gasteiger partial charge in [0.15, 0.2) is 5.78 Å². The Kier molecular flexibility index (Phi) is 6.64. The smallest absolute Gasteiger partial charge is 0.230 e. The maximum absolute atomic E-state index is 12.1. The summed E-state index contributed by atoms with van der Waals surface area (Å²) in [7, 11) is 0. The van der Waals surface area contributed by atoms with Crippen LogP contribution in [-0.4, -0.2) is 29.2 Å². The van der Waals surface area contributed by atoms with Gasteiger partial charge in [-0.05, 0) is 20.3 Å². The number of hydrogen-bond acceptors (Lipinski definition) is 3. The summed E-state index contributed by atoms with van der Waals surface area (Å²) in [6, 6.07) is 7.54. The van der Waals surface area contributed by atoms with Crippen molar-refractivity contribution in [3.63, 3.8) is 0 Å². The minimum Gasteiger partial charge on any atom is -0.355 e. The van der Waals surface area contributed by atoms with Gasteiger partial charge in [-0.25, -0.2) is 0 Å². The number of carbonyl (C=O) groups is 2. The molecule has 4 heteroatoms. The summed E-state index contributed by atoms with van der Waals surface area (Å²) in [4.78, 5) is 23.6. The van der Waals surface area contributed by atoms with Gasteiger partial charge in [0, 0.05) is 12.1 Å². The summed E-state index contributed by atoms with van der Waals surface area (Å²) >= 11 is 1.38. The molecule has 0 bridgehead atoms. The van der Waals surface area contributed by atoms with Gasteiger partial charge in [0.1, 0.15) is 0 Å². The monoisotopic (exact) mass is 279 g/mol. The van der Waals surface area contributed by atoms with E-state index in [0.717, 1.165) is 12.0 Å². The number of thioether (sulfide) groups is 1. The number of ketones is 1. The minimum atomic E-state index is -0.199. The second-order valence-corrected chi connectivity index (χ2v) is 5.86. The van der Waals surface area contributed by atoms with E-state index in [-0.39, 0.29) is 16.9 Å². The first-order valence-electron chi connectivity index (χ1n) is 6.53. The molecule has 0 aliphatic heterocycles. The van der Waals surface area contributed by atoms with Crippen molar-refractivity contribution in [3.8, 4) is 0 Å². The van der Waals surface area contributed by atoms with E-state index in [1.165, 1.54) is 11.8 Å². The Balaban J connectivity index is 2.44. The average molecular weight is 279 g/mol. The van der Waals surface area contributed by atoms with Gasteiger partial charge in [0.2, 0.25) is 5.91 Å². The lowest BCUT2D eigenvalue weighted by Gasteiger charge is -2.10. The van der Waals surface area contributed by atoms with Gasteiger partial charge in [-0.15, -0.1) is 11.8 Å². The van der Waals surface area contributed by atoms with Crippen molar-refractivity contribution in [1.82, 2.24) is 5.32 Å². The molecule has 1 amide bonds. The van der Waals surface area contributed by atoms with Crippen molar-refractivity contribution in [1.29, 1.82) is 0 Å². The second kappa shape index (κ2) is 8.00. The highest BCUT2D eigenvalue weighted by Gasteiger charge is 2.16. The third kappa shape index (κ3) is 5.47. The first kappa shape index (κ1) is 15.8.